The third-order valence-electron chi connectivity index (χ3n) is 3.23. The van der Waals surface area contributed by atoms with Gasteiger partial charge in [-0.25, -0.2) is 0 Å². The molecule has 118 valence electrons. The highest BCUT2D eigenvalue weighted by Gasteiger charge is 2.10. The van der Waals surface area contributed by atoms with Crippen molar-refractivity contribution in [1.82, 2.24) is 20.2 Å². The van der Waals surface area contributed by atoms with Gasteiger partial charge in [-0.1, -0.05) is 23.9 Å². The predicted octanol–water partition coefficient (Wildman–Crippen LogP) is 2.51. The quantitative estimate of drug-likeness (QED) is 0.735. The standard InChI is InChI=1S/C16H12N6OS/c1-24-16-19-20-21-22(16)14-7-3-6-13(9-14)18-15(23)12-5-2-4-11(8-12)10-17/h2-9H,1H3,(H,18,23). The maximum atomic E-state index is 12.3. The van der Waals surface area contributed by atoms with E-state index in [0.717, 1.165) is 5.69 Å². The molecule has 0 fully saturated rings. The van der Waals surface area contributed by atoms with Crippen LogP contribution in [0, 0.1) is 11.3 Å². The van der Waals surface area contributed by atoms with E-state index < -0.39 is 0 Å². The van der Waals surface area contributed by atoms with Gasteiger partial charge in [0, 0.05) is 11.3 Å². The summed E-state index contributed by atoms with van der Waals surface area (Å²) in [5.41, 5.74) is 2.22. The lowest BCUT2D eigenvalue weighted by molar-refractivity contribution is 0.102. The van der Waals surface area contributed by atoms with Gasteiger partial charge in [-0.3, -0.25) is 4.79 Å². The van der Waals surface area contributed by atoms with E-state index in [0.29, 0.717) is 22.0 Å². The Morgan fingerprint density at radius 2 is 2.08 bits per heavy atom. The first-order chi connectivity index (χ1) is 11.7. The second-order valence-electron chi connectivity index (χ2n) is 4.77. The first-order valence-corrected chi connectivity index (χ1v) is 8.18. The van der Waals surface area contributed by atoms with Gasteiger partial charge in [-0.15, -0.1) is 5.10 Å². The number of nitriles is 1. The van der Waals surface area contributed by atoms with Crippen LogP contribution in [0.1, 0.15) is 15.9 Å². The molecule has 1 N–H and O–H groups in total. The van der Waals surface area contributed by atoms with Crippen molar-refractivity contribution >= 4 is 23.4 Å². The van der Waals surface area contributed by atoms with Crippen LogP contribution in [0.2, 0.25) is 0 Å². The predicted molar refractivity (Wildman–Crippen MR) is 90.0 cm³/mol. The molecule has 2 aromatic carbocycles. The van der Waals surface area contributed by atoms with E-state index in [2.05, 4.69) is 20.8 Å². The number of nitrogens with one attached hydrogen (secondary N) is 1. The lowest BCUT2D eigenvalue weighted by Crippen LogP contribution is -2.12. The van der Waals surface area contributed by atoms with E-state index in [4.69, 9.17) is 5.26 Å². The van der Waals surface area contributed by atoms with Crippen LogP contribution in [0.4, 0.5) is 5.69 Å². The third-order valence-corrected chi connectivity index (χ3v) is 3.85. The van der Waals surface area contributed by atoms with Crippen LogP contribution in [-0.2, 0) is 0 Å². The monoisotopic (exact) mass is 336 g/mol. The highest BCUT2D eigenvalue weighted by molar-refractivity contribution is 7.98. The highest BCUT2D eigenvalue weighted by Crippen LogP contribution is 2.19. The van der Waals surface area contributed by atoms with Crippen molar-refractivity contribution in [3.63, 3.8) is 0 Å². The Bertz CT molecular complexity index is 930. The van der Waals surface area contributed by atoms with E-state index in [-0.39, 0.29) is 5.91 Å². The van der Waals surface area contributed by atoms with Crippen molar-refractivity contribution in [3.05, 3.63) is 59.7 Å². The Kier molecular flexibility index (Phi) is 4.54. The fourth-order valence-corrected chi connectivity index (χ4v) is 2.55. The molecule has 1 heterocycles. The number of carbonyl (C=O) groups is 1. The van der Waals surface area contributed by atoms with Gasteiger partial charge >= 0.3 is 0 Å². The second-order valence-corrected chi connectivity index (χ2v) is 5.55. The van der Waals surface area contributed by atoms with Crippen LogP contribution in [0.3, 0.4) is 0 Å². The largest absolute Gasteiger partial charge is 0.322 e. The summed E-state index contributed by atoms with van der Waals surface area (Å²) in [5.74, 6) is -0.286. The Balaban J connectivity index is 1.84. The van der Waals surface area contributed by atoms with Gasteiger partial charge in [0.2, 0.25) is 5.16 Å². The maximum Gasteiger partial charge on any atom is 0.255 e. The minimum absolute atomic E-state index is 0.286. The molecular weight excluding hydrogens is 324 g/mol. The van der Waals surface area contributed by atoms with Gasteiger partial charge in [0.05, 0.1) is 17.3 Å². The number of amides is 1. The zero-order valence-corrected chi connectivity index (χ0v) is 13.5. The molecule has 0 atom stereocenters. The number of anilines is 1. The van der Waals surface area contributed by atoms with E-state index in [1.54, 1.807) is 41.1 Å². The van der Waals surface area contributed by atoms with Gasteiger partial charge in [0.25, 0.3) is 5.91 Å². The zero-order chi connectivity index (χ0) is 16.9. The summed E-state index contributed by atoms with van der Waals surface area (Å²) in [6.45, 7) is 0. The summed E-state index contributed by atoms with van der Waals surface area (Å²) < 4.78 is 1.59. The van der Waals surface area contributed by atoms with E-state index in [1.165, 1.54) is 11.8 Å². The molecule has 0 aliphatic rings. The van der Waals surface area contributed by atoms with Crippen molar-refractivity contribution in [2.45, 2.75) is 5.16 Å². The van der Waals surface area contributed by atoms with Crippen LogP contribution >= 0.6 is 11.8 Å². The summed E-state index contributed by atoms with van der Waals surface area (Å²) in [5, 5.41) is 23.9. The Morgan fingerprint density at radius 1 is 1.25 bits per heavy atom. The molecule has 3 aromatic rings. The van der Waals surface area contributed by atoms with Crippen LogP contribution in [0.15, 0.2) is 53.7 Å². The number of rotatable bonds is 4. The molecule has 1 aromatic heterocycles. The molecule has 24 heavy (non-hydrogen) atoms. The molecule has 0 saturated heterocycles. The molecule has 0 unspecified atom stereocenters. The molecular formula is C16H12N6OS. The van der Waals surface area contributed by atoms with Crippen LogP contribution in [0.5, 0.6) is 0 Å². The first-order valence-electron chi connectivity index (χ1n) is 6.95. The number of aromatic nitrogens is 4. The molecule has 0 radical (unpaired) electrons. The number of hydrogen-bond donors (Lipinski definition) is 1. The van der Waals surface area contributed by atoms with E-state index >= 15 is 0 Å². The summed E-state index contributed by atoms with van der Waals surface area (Å²) in [4.78, 5) is 12.3. The number of thioether (sulfide) groups is 1. The summed E-state index contributed by atoms with van der Waals surface area (Å²) in [6, 6.07) is 15.8. The molecule has 3 rings (SSSR count). The SMILES string of the molecule is CSc1nnnn1-c1cccc(NC(=O)c2cccc(C#N)c2)c1. The zero-order valence-electron chi connectivity index (χ0n) is 12.7. The van der Waals surface area contributed by atoms with Crippen molar-refractivity contribution in [3.8, 4) is 11.8 Å². The van der Waals surface area contributed by atoms with Crippen LogP contribution in [-0.4, -0.2) is 32.4 Å². The Hall–Kier alpha value is -3.18. The molecule has 7 nitrogen and oxygen atoms in total. The third kappa shape index (κ3) is 3.26. The summed E-state index contributed by atoms with van der Waals surface area (Å²) in [6.07, 6.45) is 1.88. The normalized spacial score (nSPS) is 10.2. The fraction of sp³-hybridized carbons (Fsp3) is 0.0625. The number of benzene rings is 2. The minimum Gasteiger partial charge on any atom is -0.322 e. The smallest absolute Gasteiger partial charge is 0.255 e. The molecule has 0 aliphatic carbocycles. The molecule has 1 amide bonds. The topological polar surface area (TPSA) is 96.5 Å². The lowest BCUT2D eigenvalue weighted by Gasteiger charge is -2.08. The second kappa shape index (κ2) is 6.93. The molecule has 8 heteroatoms. The first kappa shape index (κ1) is 15.7. The lowest BCUT2D eigenvalue weighted by atomic mass is 10.1. The van der Waals surface area contributed by atoms with Crippen LogP contribution in [0.25, 0.3) is 5.69 Å². The Labute approximate surface area is 142 Å². The van der Waals surface area contributed by atoms with Crippen molar-refractivity contribution < 1.29 is 4.79 Å². The number of nitrogens with zero attached hydrogens (tertiary/aromatic N) is 5. The molecule has 0 aliphatic heterocycles. The van der Waals surface area contributed by atoms with Gasteiger partial charge in [-0.2, -0.15) is 9.94 Å². The van der Waals surface area contributed by atoms with Gasteiger partial charge in [0.15, 0.2) is 0 Å². The van der Waals surface area contributed by atoms with Crippen molar-refractivity contribution in [1.29, 1.82) is 5.26 Å². The van der Waals surface area contributed by atoms with Gasteiger partial charge < -0.3 is 5.32 Å². The fourth-order valence-electron chi connectivity index (χ4n) is 2.12. The molecule has 0 bridgehead atoms. The van der Waals surface area contributed by atoms with Crippen LogP contribution < -0.4 is 5.32 Å². The molecule has 0 spiro atoms. The maximum absolute atomic E-state index is 12.3. The number of carbonyl (C=O) groups excluding carboxylic acids is 1. The van der Waals surface area contributed by atoms with E-state index in [9.17, 15) is 4.79 Å². The Morgan fingerprint density at radius 3 is 2.88 bits per heavy atom. The van der Waals surface area contributed by atoms with Crippen molar-refractivity contribution in [2.24, 2.45) is 0 Å². The van der Waals surface area contributed by atoms with Gasteiger partial charge in [-0.05, 0) is 53.1 Å². The average Bonchev–Trinajstić information content (AvgIpc) is 3.11. The van der Waals surface area contributed by atoms with Gasteiger partial charge in [0.1, 0.15) is 0 Å². The highest BCUT2D eigenvalue weighted by atomic mass is 32.2. The average molecular weight is 336 g/mol. The van der Waals surface area contributed by atoms with E-state index in [1.807, 2.05) is 24.5 Å². The number of tetrazole rings is 1. The minimum atomic E-state index is -0.286. The van der Waals surface area contributed by atoms with Crippen molar-refractivity contribution in [2.75, 3.05) is 11.6 Å². The number of hydrogen-bond acceptors (Lipinski definition) is 6. The summed E-state index contributed by atoms with van der Waals surface area (Å²) >= 11 is 1.43. The molecule has 0 saturated carbocycles. The summed E-state index contributed by atoms with van der Waals surface area (Å²) in [7, 11) is 0.